The van der Waals surface area contributed by atoms with Gasteiger partial charge in [0.25, 0.3) is 0 Å². The van der Waals surface area contributed by atoms with Gasteiger partial charge in [-0.2, -0.15) is 0 Å². The summed E-state index contributed by atoms with van der Waals surface area (Å²) < 4.78 is 0. The van der Waals surface area contributed by atoms with Gasteiger partial charge in [-0.3, -0.25) is 0 Å². The van der Waals surface area contributed by atoms with Gasteiger partial charge in [-0.1, -0.05) is 51.1 Å². The Hall–Kier alpha value is 0.685. The third-order valence-electron chi connectivity index (χ3n) is 2.43. The fraction of sp³-hybridized carbons (Fsp3) is 0.538. The molecular formula is C13H24BBrNaO2. The number of halogens is 1. The maximum Gasteiger partial charge on any atom is 1.00 e. The summed E-state index contributed by atoms with van der Waals surface area (Å²) in [6, 6.07) is 10.2. The van der Waals surface area contributed by atoms with Gasteiger partial charge in [0.1, 0.15) is 0 Å². The van der Waals surface area contributed by atoms with Crippen LogP contribution in [0.15, 0.2) is 30.3 Å². The van der Waals surface area contributed by atoms with Crippen LogP contribution in [0.1, 0.15) is 33.7 Å². The summed E-state index contributed by atoms with van der Waals surface area (Å²) in [4.78, 5) is 0. The Morgan fingerprint density at radius 2 is 1.50 bits per heavy atom. The van der Waals surface area contributed by atoms with Crippen molar-refractivity contribution in [3.63, 3.8) is 0 Å². The van der Waals surface area contributed by atoms with Gasteiger partial charge in [-0.05, 0) is 11.0 Å². The Bertz CT molecular complexity index is 271. The first-order valence-electron chi connectivity index (χ1n) is 5.16. The van der Waals surface area contributed by atoms with Crippen LogP contribution >= 0.6 is 17.0 Å². The van der Waals surface area contributed by atoms with Crippen molar-refractivity contribution in [2.24, 2.45) is 5.41 Å². The molecule has 1 atom stereocenters. The van der Waals surface area contributed by atoms with Crippen LogP contribution in [0.3, 0.4) is 0 Å². The van der Waals surface area contributed by atoms with Gasteiger partial charge in [-0.25, -0.2) is 0 Å². The monoisotopic (exact) mass is 325 g/mol. The summed E-state index contributed by atoms with van der Waals surface area (Å²) in [5, 5.41) is 16.3. The molecule has 1 unspecified atom stereocenters. The predicted molar refractivity (Wildman–Crippen MR) is 81.1 cm³/mol. The number of hydrogen-bond donors (Lipinski definition) is 2. The summed E-state index contributed by atoms with van der Waals surface area (Å²) in [6.07, 6.45) is 0. The van der Waals surface area contributed by atoms with E-state index in [1.165, 1.54) is 5.56 Å². The molecule has 0 aromatic heterocycles. The second-order valence-corrected chi connectivity index (χ2v) is 4.51. The van der Waals surface area contributed by atoms with Crippen molar-refractivity contribution in [1.82, 2.24) is 0 Å². The van der Waals surface area contributed by atoms with Crippen LogP contribution in [-0.4, -0.2) is 32.3 Å². The van der Waals surface area contributed by atoms with Crippen LogP contribution in [0.25, 0.3) is 0 Å². The fourth-order valence-electron chi connectivity index (χ4n) is 1.56. The Kier molecular flexibility index (Phi) is 21.2. The van der Waals surface area contributed by atoms with Crippen molar-refractivity contribution in [2.75, 3.05) is 13.7 Å². The minimum absolute atomic E-state index is 0. The Morgan fingerprint density at radius 1 is 1.11 bits per heavy atom. The second-order valence-electron chi connectivity index (χ2n) is 4.51. The smallest absolute Gasteiger partial charge is 1.00 e. The molecule has 2 nitrogen and oxygen atoms in total. The molecule has 0 aliphatic rings. The molecule has 0 amide bonds. The third kappa shape index (κ3) is 9.59. The molecule has 3 radical (unpaired) electrons. The zero-order chi connectivity index (χ0) is 11.9. The Balaban J connectivity index is -0.000000104. The van der Waals surface area contributed by atoms with E-state index in [4.69, 9.17) is 5.11 Å². The second kappa shape index (κ2) is 14.1. The van der Waals surface area contributed by atoms with Crippen LogP contribution in [0.4, 0.5) is 0 Å². The van der Waals surface area contributed by atoms with Gasteiger partial charge >= 0.3 is 29.6 Å². The number of benzene rings is 1. The zero-order valence-electron chi connectivity index (χ0n) is 13.1. The van der Waals surface area contributed by atoms with Gasteiger partial charge in [-0.15, -0.1) is 17.0 Å². The molecule has 18 heavy (non-hydrogen) atoms. The van der Waals surface area contributed by atoms with Crippen molar-refractivity contribution in [3.8, 4) is 0 Å². The number of aliphatic hydroxyl groups is 2. The van der Waals surface area contributed by atoms with Crippen LogP contribution in [-0.2, 0) is 0 Å². The van der Waals surface area contributed by atoms with Crippen LogP contribution in [0.5, 0.6) is 0 Å². The van der Waals surface area contributed by atoms with Crippen molar-refractivity contribution in [1.29, 1.82) is 0 Å². The first-order chi connectivity index (χ1) is 7.05. The maximum atomic E-state index is 9.32. The average Bonchev–Trinajstić information content (AvgIpc) is 2.21. The molecule has 0 bridgehead atoms. The molecule has 5 heteroatoms. The Morgan fingerprint density at radius 3 is 1.78 bits per heavy atom. The molecule has 2 N–H and O–H groups in total. The van der Waals surface area contributed by atoms with Crippen LogP contribution < -0.4 is 29.6 Å². The first-order valence-corrected chi connectivity index (χ1v) is 5.16. The van der Waals surface area contributed by atoms with Crippen molar-refractivity contribution in [2.45, 2.75) is 26.7 Å². The first kappa shape index (κ1) is 27.1. The van der Waals surface area contributed by atoms with Gasteiger partial charge in [0.2, 0.25) is 0 Å². The molecule has 1 rings (SSSR count). The van der Waals surface area contributed by atoms with Gasteiger partial charge in [0.05, 0.1) is 6.61 Å². The third-order valence-corrected chi connectivity index (χ3v) is 2.43. The summed E-state index contributed by atoms with van der Waals surface area (Å²) in [5.74, 6) is 0.230. The van der Waals surface area contributed by atoms with Gasteiger partial charge in [0.15, 0.2) is 0 Å². The Labute approximate surface area is 147 Å². The predicted octanol–water partition coefficient (Wildman–Crippen LogP) is -0.269. The zero-order valence-corrected chi connectivity index (χ0v) is 15.8. The van der Waals surface area contributed by atoms with E-state index in [0.29, 0.717) is 0 Å². The molecular weight excluding hydrogens is 302 g/mol. The molecule has 0 fully saturated rings. The average molecular weight is 326 g/mol. The van der Waals surface area contributed by atoms with E-state index in [1.54, 1.807) is 0 Å². The maximum absolute atomic E-state index is 9.32. The molecule has 0 saturated heterocycles. The molecule has 0 aliphatic heterocycles. The molecule has 0 spiro atoms. The largest absolute Gasteiger partial charge is 1.00 e. The van der Waals surface area contributed by atoms with Crippen molar-refractivity contribution >= 4 is 25.4 Å². The number of aliphatic hydroxyl groups excluding tert-OH is 2. The molecule has 99 valence electrons. The van der Waals surface area contributed by atoms with Crippen molar-refractivity contribution < 1.29 is 41.2 Å². The summed E-state index contributed by atoms with van der Waals surface area (Å²) in [6.45, 7) is 6.68. The number of rotatable bonds is 2. The summed E-state index contributed by atoms with van der Waals surface area (Å²) >= 11 is 0. The topological polar surface area (TPSA) is 40.5 Å². The van der Waals surface area contributed by atoms with Gasteiger partial charge < -0.3 is 11.6 Å². The molecule has 0 aliphatic carbocycles. The van der Waals surface area contributed by atoms with E-state index < -0.39 is 0 Å². The quantitative estimate of drug-likeness (QED) is 0.735. The fourth-order valence-corrected chi connectivity index (χ4v) is 1.56. The van der Waals surface area contributed by atoms with E-state index in [2.05, 4.69) is 32.9 Å². The van der Waals surface area contributed by atoms with E-state index in [9.17, 15) is 5.11 Å². The standard InChI is InChI=1S/C12H18O.CH4O.B.BrH.Na.H/c1-12(2,3)11(9-13)10-7-5-4-6-8-10;1-2;;;;/h4-8,11,13H,9H2,1-3H3;2H,1H3;;1H;;/q;;;;+1;-1. The van der Waals surface area contributed by atoms with E-state index in [0.717, 1.165) is 7.11 Å². The molecule has 1 aromatic rings. The van der Waals surface area contributed by atoms with Crippen LogP contribution in [0.2, 0.25) is 0 Å². The van der Waals surface area contributed by atoms with Crippen molar-refractivity contribution in [3.05, 3.63) is 35.9 Å². The van der Waals surface area contributed by atoms with E-state index in [1.807, 2.05) is 18.2 Å². The van der Waals surface area contributed by atoms with Gasteiger partial charge in [0, 0.05) is 21.4 Å². The van der Waals surface area contributed by atoms with Crippen LogP contribution in [0, 0.1) is 5.41 Å². The minimum Gasteiger partial charge on any atom is -1.00 e. The summed E-state index contributed by atoms with van der Waals surface area (Å²) in [5.41, 5.74) is 1.34. The summed E-state index contributed by atoms with van der Waals surface area (Å²) in [7, 11) is 1.00. The minimum atomic E-state index is 0. The molecule has 0 saturated carbocycles. The molecule has 0 heterocycles. The van der Waals surface area contributed by atoms with E-state index in [-0.39, 0.29) is 74.3 Å². The number of hydrogen-bond acceptors (Lipinski definition) is 2. The van der Waals surface area contributed by atoms with E-state index >= 15 is 0 Å². The molecule has 1 aromatic carbocycles. The normalized spacial score (nSPS) is 10.6. The SMILES string of the molecule is Br.CC(C)(C)C(CO)c1ccccc1.CO.[B].[H-].[Na+].